The first-order chi connectivity index (χ1) is 9.30. The van der Waals surface area contributed by atoms with E-state index in [9.17, 15) is 18.0 Å². The maximum Gasteiger partial charge on any atom is 0.305 e. The summed E-state index contributed by atoms with van der Waals surface area (Å²) in [5, 5.41) is 12.4. The summed E-state index contributed by atoms with van der Waals surface area (Å²) in [4.78, 5) is 24.7. The van der Waals surface area contributed by atoms with Gasteiger partial charge in [-0.2, -0.15) is 11.3 Å². The molecular weight excluding hydrogens is 302 g/mol. The van der Waals surface area contributed by atoms with Gasteiger partial charge in [0.1, 0.15) is 0 Å². The standard InChI is InChI=1S/C12H15NO5S2/c1-8-5-19-6-10(8)12(16)13-2-3-20(17,18)7-9(13)4-11(14)15/h5-6,9H,2-4,7H2,1H3,(H,14,15). The number of carboxylic acids is 1. The minimum atomic E-state index is -3.28. The van der Waals surface area contributed by atoms with Gasteiger partial charge in [0.25, 0.3) is 5.91 Å². The topological polar surface area (TPSA) is 91.8 Å². The molecule has 8 heteroatoms. The van der Waals surface area contributed by atoms with Crippen molar-refractivity contribution in [1.29, 1.82) is 0 Å². The highest BCUT2D eigenvalue weighted by molar-refractivity contribution is 7.91. The molecule has 1 N–H and O–H groups in total. The van der Waals surface area contributed by atoms with Crippen molar-refractivity contribution in [3.8, 4) is 0 Å². The van der Waals surface area contributed by atoms with Gasteiger partial charge in [-0.1, -0.05) is 0 Å². The van der Waals surface area contributed by atoms with Gasteiger partial charge in [-0.25, -0.2) is 8.42 Å². The lowest BCUT2D eigenvalue weighted by Crippen LogP contribution is -2.52. The quantitative estimate of drug-likeness (QED) is 0.889. The summed E-state index contributed by atoms with van der Waals surface area (Å²) in [7, 11) is -3.28. The Labute approximate surface area is 120 Å². The first-order valence-electron chi connectivity index (χ1n) is 6.06. The highest BCUT2D eigenvalue weighted by atomic mass is 32.2. The number of hydrogen-bond donors (Lipinski definition) is 1. The highest BCUT2D eigenvalue weighted by Crippen LogP contribution is 2.21. The van der Waals surface area contributed by atoms with Gasteiger partial charge < -0.3 is 10.0 Å². The Morgan fingerprint density at radius 3 is 2.70 bits per heavy atom. The van der Waals surface area contributed by atoms with Gasteiger partial charge in [0.05, 0.1) is 29.5 Å². The van der Waals surface area contributed by atoms with Gasteiger partial charge in [0.2, 0.25) is 0 Å². The SMILES string of the molecule is Cc1cscc1C(=O)N1CCS(=O)(=O)CC1CC(=O)O. The Morgan fingerprint density at radius 1 is 1.45 bits per heavy atom. The molecule has 1 aromatic rings. The fraction of sp³-hybridized carbons (Fsp3) is 0.500. The number of aliphatic carboxylic acids is 1. The van der Waals surface area contributed by atoms with Crippen LogP contribution in [0.3, 0.4) is 0 Å². The van der Waals surface area contributed by atoms with Crippen molar-refractivity contribution in [2.45, 2.75) is 19.4 Å². The van der Waals surface area contributed by atoms with E-state index in [1.807, 2.05) is 5.38 Å². The predicted molar refractivity (Wildman–Crippen MR) is 74.8 cm³/mol. The Balaban J connectivity index is 2.26. The molecule has 0 bridgehead atoms. The molecule has 1 aromatic heterocycles. The fourth-order valence-electron chi connectivity index (χ4n) is 2.26. The van der Waals surface area contributed by atoms with Crippen LogP contribution in [0.15, 0.2) is 10.8 Å². The van der Waals surface area contributed by atoms with Gasteiger partial charge in [-0.05, 0) is 17.9 Å². The summed E-state index contributed by atoms with van der Waals surface area (Å²) in [5.41, 5.74) is 1.34. The molecule has 2 heterocycles. The summed E-state index contributed by atoms with van der Waals surface area (Å²) in [6.07, 6.45) is -0.353. The first-order valence-corrected chi connectivity index (χ1v) is 8.82. The molecule has 1 amide bonds. The van der Waals surface area contributed by atoms with Crippen molar-refractivity contribution in [2.75, 3.05) is 18.1 Å². The number of sulfone groups is 1. The van der Waals surface area contributed by atoms with Crippen LogP contribution in [0.25, 0.3) is 0 Å². The molecular formula is C12H15NO5S2. The Bertz CT molecular complexity index is 634. The van der Waals surface area contributed by atoms with E-state index in [2.05, 4.69) is 0 Å². The summed E-state index contributed by atoms with van der Waals surface area (Å²) in [6, 6.07) is -0.793. The number of thiophene rings is 1. The molecule has 1 atom stereocenters. The summed E-state index contributed by atoms with van der Waals surface area (Å²) in [6.45, 7) is 1.85. The predicted octanol–water partition coefficient (Wildman–Crippen LogP) is 0.770. The molecule has 1 aliphatic heterocycles. The van der Waals surface area contributed by atoms with Crippen LogP contribution in [-0.2, 0) is 14.6 Å². The van der Waals surface area contributed by atoms with Gasteiger partial charge in [0.15, 0.2) is 9.84 Å². The van der Waals surface area contributed by atoms with Crippen molar-refractivity contribution in [3.63, 3.8) is 0 Å². The maximum absolute atomic E-state index is 12.4. The maximum atomic E-state index is 12.4. The van der Waals surface area contributed by atoms with Crippen molar-refractivity contribution in [3.05, 3.63) is 21.9 Å². The third kappa shape index (κ3) is 3.18. The fourth-order valence-corrected chi connectivity index (χ4v) is 4.61. The molecule has 1 saturated heterocycles. The normalized spacial score (nSPS) is 21.6. The number of rotatable bonds is 3. The zero-order valence-electron chi connectivity index (χ0n) is 10.9. The molecule has 0 aromatic carbocycles. The van der Waals surface area contributed by atoms with Crippen molar-refractivity contribution < 1.29 is 23.1 Å². The average Bonchev–Trinajstić information content (AvgIpc) is 2.73. The average molecular weight is 317 g/mol. The molecule has 1 aliphatic rings. The summed E-state index contributed by atoms with van der Waals surface area (Å²) < 4.78 is 23.3. The Hall–Kier alpha value is -1.41. The molecule has 0 radical (unpaired) electrons. The molecule has 0 saturated carbocycles. The molecule has 2 rings (SSSR count). The largest absolute Gasteiger partial charge is 0.481 e. The highest BCUT2D eigenvalue weighted by Gasteiger charge is 2.36. The number of carbonyl (C=O) groups excluding carboxylic acids is 1. The lowest BCUT2D eigenvalue weighted by Gasteiger charge is -2.34. The smallest absolute Gasteiger partial charge is 0.305 e. The van der Waals surface area contributed by atoms with E-state index < -0.39 is 21.8 Å². The lowest BCUT2D eigenvalue weighted by molar-refractivity contribution is -0.138. The van der Waals surface area contributed by atoms with Crippen molar-refractivity contribution in [1.82, 2.24) is 4.90 Å². The van der Waals surface area contributed by atoms with Crippen LogP contribution in [0, 0.1) is 6.92 Å². The summed E-state index contributed by atoms with van der Waals surface area (Å²) in [5.74, 6) is -1.79. The van der Waals surface area contributed by atoms with Crippen molar-refractivity contribution in [2.24, 2.45) is 0 Å². The molecule has 110 valence electrons. The van der Waals surface area contributed by atoms with Crippen LogP contribution in [0.1, 0.15) is 22.3 Å². The van der Waals surface area contributed by atoms with E-state index in [-0.39, 0.29) is 30.4 Å². The minimum Gasteiger partial charge on any atom is -0.481 e. The van der Waals surface area contributed by atoms with Crippen LogP contribution in [0.2, 0.25) is 0 Å². The van der Waals surface area contributed by atoms with E-state index in [1.165, 1.54) is 16.2 Å². The van der Waals surface area contributed by atoms with Gasteiger partial charge in [-0.15, -0.1) is 0 Å². The molecule has 1 unspecified atom stereocenters. The molecule has 20 heavy (non-hydrogen) atoms. The second-order valence-corrected chi connectivity index (χ2v) is 7.81. The number of hydrogen-bond acceptors (Lipinski definition) is 5. The molecule has 0 aliphatic carbocycles. The molecule has 0 spiro atoms. The lowest BCUT2D eigenvalue weighted by atomic mass is 10.1. The zero-order chi connectivity index (χ0) is 14.9. The number of carboxylic acid groups (broad SMARTS) is 1. The number of nitrogens with zero attached hydrogens (tertiary/aromatic N) is 1. The van der Waals surface area contributed by atoms with Crippen molar-refractivity contribution >= 4 is 33.1 Å². The first kappa shape index (κ1) is 15.0. The Morgan fingerprint density at radius 2 is 2.15 bits per heavy atom. The third-order valence-corrected chi connectivity index (χ3v) is 5.85. The summed E-state index contributed by atoms with van der Waals surface area (Å²) >= 11 is 1.39. The number of aryl methyl sites for hydroxylation is 1. The van der Waals surface area contributed by atoms with Crippen LogP contribution in [0.5, 0.6) is 0 Å². The number of amides is 1. The van der Waals surface area contributed by atoms with Gasteiger partial charge in [0, 0.05) is 11.9 Å². The second-order valence-electron chi connectivity index (χ2n) is 4.83. The van der Waals surface area contributed by atoms with E-state index >= 15 is 0 Å². The van der Waals surface area contributed by atoms with E-state index in [0.717, 1.165) is 5.56 Å². The zero-order valence-corrected chi connectivity index (χ0v) is 12.5. The minimum absolute atomic E-state index is 0.0500. The van der Waals surface area contributed by atoms with Crippen LogP contribution in [0.4, 0.5) is 0 Å². The van der Waals surface area contributed by atoms with Crippen LogP contribution < -0.4 is 0 Å². The monoisotopic (exact) mass is 317 g/mol. The van der Waals surface area contributed by atoms with Gasteiger partial charge >= 0.3 is 5.97 Å². The second kappa shape index (κ2) is 5.53. The Kier molecular flexibility index (Phi) is 4.14. The molecule has 6 nitrogen and oxygen atoms in total. The van der Waals surface area contributed by atoms with Crippen LogP contribution >= 0.6 is 11.3 Å². The van der Waals surface area contributed by atoms with E-state index in [1.54, 1.807) is 12.3 Å². The molecule has 1 fully saturated rings. The van der Waals surface area contributed by atoms with Gasteiger partial charge in [-0.3, -0.25) is 9.59 Å². The number of carbonyl (C=O) groups is 2. The third-order valence-electron chi connectivity index (χ3n) is 3.29. The van der Waals surface area contributed by atoms with Crippen LogP contribution in [-0.4, -0.2) is 54.4 Å². The van der Waals surface area contributed by atoms with E-state index in [0.29, 0.717) is 5.56 Å². The van der Waals surface area contributed by atoms with E-state index in [4.69, 9.17) is 5.11 Å².